The van der Waals surface area contributed by atoms with Gasteiger partial charge in [-0.25, -0.2) is 0 Å². The highest BCUT2D eigenvalue weighted by atomic mass is 79.9. The summed E-state index contributed by atoms with van der Waals surface area (Å²) in [6, 6.07) is 6.64. The van der Waals surface area contributed by atoms with Crippen LogP contribution in [0.4, 0.5) is 0 Å². The molecule has 0 aliphatic rings. The minimum Gasteiger partial charge on any atom is -0.311 e. The van der Waals surface area contributed by atoms with Gasteiger partial charge in [0, 0.05) is 27.3 Å². The number of aromatic nitrogens is 1. The number of likely N-dealkylation sites (N-methyl/N-ethyl adjacent to an activating group) is 1. The van der Waals surface area contributed by atoms with Crippen molar-refractivity contribution in [1.82, 2.24) is 10.3 Å². The van der Waals surface area contributed by atoms with Crippen molar-refractivity contribution in [3.63, 3.8) is 0 Å². The molecule has 0 aromatic carbocycles. The van der Waals surface area contributed by atoms with E-state index in [-0.39, 0.29) is 6.04 Å². The van der Waals surface area contributed by atoms with Crippen molar-refractivity contribution in [2.45, 2.75) is 25.8 Å². The molecule has 0 amide bonds. The Morgan fingerprint density at radius 2 is 2.33 bits per heavy atom. The number of pyridine rings is 1. The second kappa shape index (κ2) is 6.45. The van der Waals surface area contributed by atoms with Crippen LogP contribution in [0.1, 0.15) is 29.1 Å². The maximum absolute atomic E-state index is 4.55. The van der Waals surface area contributed by atoms with Crippen LogP contribution < -0.4 is 5.32 Å². The van der Waals surface area contributed by atoms with Crippen molar-refractivity contribution in [3.05, 3.63) is 50.4 Å². The van der Waals surface area contributed by atoms with Crippen molar-refractivity contribution < 1.29 is 0 Å². The first kappa shape index (κ1) is 13.7. The van der Waals surface area contributed by atoms with Gasteiger partial charge in [-0.05, 0) is 47.1 Å². The predicted octanol–water partition coefficient (Wildman–Crippen LogP) is 3.97. The first-order valence-electron chi connectivity index (χ1n) is 6.08. The minimum absolute atomic E-state index is 0.284. The van der Waals surface area contributed by atoms with Gasteiger partial charge in [0.05, 0.1) is 11.7 Å². The molecular weight excluding hydrogens is 308 g/mol. The van der Waals surface area contributed by atoms with Gasteiger partial charge < -0.3 is 5.32 Å². The van der Waals surface area contributed by atoms with E-state index in [2.05, 4.69) is 50.7 Å². The lowest BCUT2D eigenvalue weighted by Crippen LogP contribution is -2.21. The lowest BCUT2D eigenvalue weighted by Gasteiger charge is -2.17. The van der Waals surface area contributed by atoms with Gasteiger partial charge in [-0.15, -0.1) is 11.3 Å². The quantitative estimate of drug-likeness (QED) is 0.900. The fraction of sp³-hybridized carbons (Fsp3) is 0.357. The third-order valence-electron chi connectivity index (χ3n) is 3.01. The van der Waals surface area contributed by atoms with E-state index in [1.807, 2.05) is 19.3 Å². The third-order valence-corrected chi connectivity index (χ3v) is 4.73. The Bertz CT molecular complexity index is 510. The molecule has 18 heavy (non-hydrogen) atoms. The van der Waals surface area contributed by atoms with E-state index in [0.717, 1.165) is 17.3 Å². The zero-order chi connectivity index (χ0) is 13.0. The molecule has 0 radical (unpaired) electrons. The highest BCUT2D eigenvalue weighted by molar-refractivity contribution is 9.10. The number of halogens is 1. The monoisotopic (exact) mass is 324 g/mol. The van der Waals surface area contributed by atoms with E-state index in [0.29, 0.717) is 0 Å². The summed E-state index contributed by atoms with van der Waals surface area (Å²) in [5, 5.41) is 5.51. The van der Waals surface area contributed by atoms with E-state index in [9.17, 15) is 0 Å². The van der Waals surface area contributed by atoms with Crippen LogP contribution in [0.5, 0.6) is 0 Å². The number of thiophene rings is 1. The number of hydrogen-bond donors (Lipinski definition) is 1. The van der Waals surface area contributed by atoms with Crippen molar-refractivity contribution in [2.75, 3.05) is 7.05 Å². The highest BCUT2D eigenvalue weighted by Gasteiger charge is 2.15. The molecule has 2 rings (SSSR count). The van der Waals surface area contributed by atoms with Gasteiger partial charge in [-0.2, -0.15) is 0 Å². The molecule has 1 N–H and O–H groups in total. The van der Waals surface area contributed by atoms with E-state index >= 15 is 0 Å². The smallest absolute Gasteiger partial charge is 0.0608 e. The Balaban J connectivity index is 2.22. The molecule has 2 aromatic rings. The molecule has 96 valence electrons. The summed E-state index contributed by atoms with van der Waals surface area (Å²) in [6.07, 6.45) is 3.88. The molecule has 2 aromatic heterocycles. The van der Waals surface area contributed by atoms with Crippen molar-refractivity contribution in [3.8, 4) is 0 Å². The van der Waals surface area contributed by atoms with E-state index in [4.69, 9.17) is 0 Å². The first-order chi connectivity index (χ1) is 8.74. The summed E-state index contributed by atoms with van der Waals surface area (Å²) in [5.41, 5.74) is 2.50. The van der Waals surface area contributed by atoms with E-state index < -0.39 is 0 Å². The molecule has 1 unspecified atom stereocenters. The average Bonchev–Trinajstić information content (AvgIpc) is 2.81. The molecule has 4 heteroatoms. The normalized spacial score (nSPS) is 12.6. The van der Waals surface area contributed by atoms with Gasteiger partial charge in [0.2, 0.25) is 0 Å². The van der Waals surface area contributed by atoms with E-state index in [1.54, 1.807) is 11.3 Å². The van der Waals surface area contributed by atoms with Gasteiger partial charge in [-0.3, -0.25) is 4.98 Å². The van der Waals surface area contributed by atoms with Crippen LogP contribution in [0, 0.1) is 0 Å². The molecule has 0 fully saturated rings. The number of aryl methyl sites for hydroxylation is 1. The van der Waals surface area contributed by atoms with Crippen LogP contribution in [-0.2, 0) is 12.8 Å². The van der Waals surface area contributed by atoms with Gasteiger partial charge in [0.25, 0.3) is 0 Å². The van der Waals surface area contributed by atoms with Crippen LogP contribution in [-0.4, -0.2) is 12.0 Å². The topological polar surface area (TPSA) is 24.9 Å². The zero-order valence-electron chi connectivity index (χ0n) is 10.6. The SMILES string of the molecule is CCc1cccnc1C(Cc1cc(Br)cs1)NC. The molecule has 0 saturated heterocycles. The molecule has 2 nitrogen and oxygen atoms in total. The van der Waals surface area contributed by atoms with Crippen molar-refractivity contribution in [1.29, 1.82) is 0 Å². The maximum atomic E-state index is 4.55. The second-order valence-corrected chi connectivity index (χ2v) is 6.09. The summed E-state index contributed by atoms with van der Waals surface area (Å²) >= 11 is 5.29. The fourth-order valence-electron chi connectivity index (χ4n) is 2.06. The van der Waals surface area contributed by atoms with Crippen LogP contribution >= 0.6 is 27.3 Å². The summed E-state index contributed by atoms with van der Waals surface area (Å²) in [5.74, 6) is 0. The first-order valence-corrected chi connectivity index (χ1v) is 7.75. The number of rotatable bonds is 5. The van der Waals surface area contributed by atoms with Crippen LogP contribution in [0.25, 0.3) is 0 Å². The molecule has 1 atom stereocenters. The number of hydrogen-bond acceptors (Lipinski definition) is 3. The van der Waals surface area contributed by atoms with Gasteiger partial charge in [0.1, 0.15) is 0 Å². The van der Waals surface area contributed by atoms with Gasteiger partial charge >= 0.3 is 0 Å². The average molecular weight is 325 g/mol. The van der Waals surface area contributed by atoms with Gasteiger partial charge in [-0.1, -0.05) is 13.0 Å². The summed E-state index contributed by atoms with van der Waals surface area (Å²) in [7, 11) is 2.00. The largest absolute Gasteiger partial charge is 0.311 e. The van der Waals surface area contributed by atoms with E-state index in [1.165, 1.54) is 16.1 Å². The standard InChI is InChI=1S/C14H17BrN2S/c1-3-10-5-4-6-17-14(10)13(16-2)8-12-7-11(15)9-18-12/h4-7,9,13,16H,3,8H2,1-2H3. The lowest BCUT2D eigenvalue weighted by molar-refractivity contribution is 0.574. The summed E-state index contributed by atoms with van der Waals surface area (Å²) < 4.78 is 1.16. The van der Waals surface area contributed by atoms with Crippen LogP contribution in [0.15, 0.2) is 34.2 Å². The Kier molecular flexibility index (Phi) is 4.92. The van der Waals surface area contributed by atoms with Gasteiger partial charge in [0.15, 0.2) is 0 Å². The van der Waals surface area contributed by atoms with Crippen LogP contribution in [0.2, 0.25) is 0 Å². The summed E-state index contributed by atoms with van der Waals surface area (Å²) in [4.78, 5) is 5.92. The Labute approximate surface area is 121 Å². The third kappa shape index (κ3) is 3.19. The molecule has 0 bridgehead atoms. The Morgan fingerprint density at radius 3 is 2.94 bits per heavy atom. The molecular formula is C14H17BrN2S. The molecule has 0 aliphatic heterocycles. The van der Waals surface area contributed by atoms with Crippen molar-refractivity contribution in [2.24, 2.45) is 0 Å². The molecule has 0 spiro atoms. The lowest BCUT2D eigenvalue weighted by atomic mass is 10.0. The zero-order valence-corrected chi connectivity index (χ0v) is 13.0. The molecule has 2 heterocycles. The Morgan fingerprint density at radius 1 is 1.50 bits per heavy atom. The minimum atomic E-state index is 0.284. The second-order valence-electron chi connectivity index (χ2n) is 4.18. The predicted molar refractivity (Wildman–Crippen MR) is 81.1 cm³/mol. The molecule has 0 saturated carbocycles. The summed E-state index contributed by atoms with van der Waals surface area (Å²) in [6.45, 7) is 2.18. The molecule has 0 aliphatic carbocycles. The number of nitrogens with zero attached hydrogens (tertiary/aromatic N) is 1. The highest BCUT2D eigenvalue weighted by Crippen LogP contribution is 2.26. The Hall–Kier alpha value is -0.710. The number of nitrogens with one attached hydrogen (secondary N) is 1. The van der Waals surface area contributed by atoms with Crippen molar-refractivity contribution >= 4 is 27.3 Å². The fourth-order valence-corrected chi connectivity index (χ4v) is 3.56. The van der Waals surface area contributed by atoms with Crippen LogP contribution in [0.3, 0.4) is 0 Å². The maximum Gasteiger partial charge on any atom is 0.0608 e.